The van der Waals surface area contributed by atoms with Crippen LogP contribution in [-0.4, -0.2) is 28.0 Å². The van der Waals surface area contributed by atoms with Crippen LogP contribution in [0.25, 0.3) is 10.9 Å². The molecule has 0 aliphatic rings. The van der Waals surface area contributed by atoms with E-state index in [0.29, 0.717) is 23.6 Å². The van der Waals surface area contributed by atoms with Gasteiger partial charge in [-0.05, 0) is 39.0 Å². The van der Waals surface area contributed by atoms with Gasteiger partial charge < -0.3 is 14.6 Å². The number of carbonyl (C=O) groups is 2. The van der Waals surface area contributed by atoms with Crippen LogP contribution in [0, 0.1) is 13.8 Å². The first kappa shape index (κ1) is 17.7. The maximum atomic E-state index is 12.5. The van der Waals surface area contributed by atoms with Crippen molar-refractivity contribution < 1.29 is 14.3 Å². The van der Waals surface area contributed by atoms with Crippen LogP contribution in [0.15, 0.2) is 42.6 Å². The fourth-order valence-electron chi connectivity index (χ4n) is 2.94. The SMILES string of the molecule is CCOC(=O)c1cc(C)n(CC(=O)Nc2cnc3ccccc3c2)c1C. The van der Waals surface area contributed by atoms with Gasteiger partial charge >= 0.3 is 5.97 Å². The first-order valence-corrected chi connectivity index (χ1v) is 8.48. The van der Waals surface area contributed by atoms with Gasteiger partial charge in [0.25, 0.3) is 0 Å². The highest BCUT2D eigenvalue weighted by Crippen LogP contribution is 2.18. The average Bonchev–Trinajstić information content (AvgIpc) is 2.90. The fraction of sp³-hybridized carbons (Fsp3) is 0.250. The molecule has 0 bridgehead atoms. The molecular formula is C20H21N3O3. The molecule has 0 aliphatic carbocycles. The fourth-order valence-corrected chi connectivity index (χ4v) is 2.94. The number of benzene rings is 1. The van der Waals surface area contributed by atoms with Crippen molar-refractivity contribution in [1.29, 1.82) is 0 Å². The Hall–Kier alpha value is -3.15. The molecule has 0 unspecified atom stereocenters. The third kappa shape index (κ3) is 3.59. The molecule has 26 heavy (non-hydrogen) atoms. The van der Waals surface area contributed by atoms with E-state index < -0.39 is 0 Å². The van der Waals surface area contributed by atoms with Crippen LogP contribution in [0.3, 0.4) is 0 Å². The van der Waals surface area contributed by atoms with Crippen molar-refractivity contribution in [1.82, 2.24) is 9.55 Å². The molecule has 0 spiro atoms. The zero-order valence-electron chi connectivity index (χ0n) is 15.1. The van der Waals surface area contributed by atoms with Crippen molar-refractivity contribution in [3.05, 3.63) is 59.5 Å². The molecule has 0 aliphatic heterocycles. The Kier molecular flexibility index (Phi) is 5.02. The minimum absolute atomic E-state index is 0.115. The highest BCUT2D eigenvalue weighted by molar-refractivity contribution is 5.94. The van der Waals surface area contributed by atoms with E-state index in [2.05, 4.69) is 10.3 Å². The molecule has 2 heterocycles. The van der Waals surface area contributed by atoms with Crippen molar-refractivity contribution >= 4 is 28.5 Å². The maximum Gasteiger partial charge on any atom is 0.339 e. The summed E-state index contributed by atoms with van der Waals surface area (Å²) in [6.07, 6.45) is 1.64. The summed E-state index contributed by atoms with van der Waals surface area (Å²) in [5, 5.41) is 3.82. The van der Waals surface area contributed by atoms with Gasteiger partial charge in [0.05, 0.1) is 29.6 Å². The number of nitrogens with zero attached hydrogens (tertiary/aromatic N) is 2. The number of esters is 1. The minimum atomic E-state index is -0.369. The zero-order chi connectivity index (χ0) is 18.7. The van der Waals surface area contributed by atoms with Gasteiger partial charge in [-0.15, -0.1) is 0 Å². The lowest BCUT2D eigenvalue weighted by atomic mass is 10.2. The van der Waals surface area contributed by atoms with E-state index in [1.165, 1.54) is 0 Å². The Balaban J connectivity index is 1.76. The van der Waals surface area contributed by atoms with Gasteiger partial charge in [-0.1, -0.05) is 18.2 Å². The lowest BCUT2D eigenvalue weighted by Crippen LogP contribution is -2.20. The quantitative estimate of drug-likeness (QED) is 0.715. The second-order valence-corrected chi connectivity index (χ2v) is 6.06. The van der Waals surface area contributed by atoms with E-state index >= 15 is 0 Å². The van der Waals surface area contributed by atoms with Crippen LogP contribution in [0.4, 0.5) is 5.69 Å². The second kappa shape index (κ2) is 7.39. The van der Waals surface area contributed by atoms with E-state index in [0.717, 1.165) is 16.6 Å². The number of aryl methyl sites for hydroxylation is 1. The van der Waals surface area contributed by atoms with E-state index in [1.54, 1.807) is 23.8 Å². The number of hydrogen-bond donors (Lipinski definition) is 1. The molecule has 0 saturated heterocycles. The van der Waals surface area contributed by atoms with Gasteiger partial charge in [-0.25, -0.2) is 4.79 Å². The number of fused-ring (bicyclic) bond motifs is 1. The third-order valence-corrected chi connectivity index (χ3v) is 4.24. The van der Waals surface area contributed by atoms with Gasteiger partial charge in [0.1, 0.15) is 6.54 Å². The highest BCUT2D eigenvalue weighted by atomic mass is 16.5. The van der Waals surface area contributed by atoms with Gasteiger partial charge in [0.2, 0.25) is 5.91 Å². The minimum Gasteiger partial charge on any atom is -0.462 e. The Bertz CT molecular complexity index is 976. The van der Waals surface area contributed by atoms with Crippen LogP contribution in [0.5, 0.6) is 0 Å². The van der Waals surface area contributed by atoms with E-state index in [1.807, 2.05) is 44.2 Å². The summed E-state index contributed by atoms with van der Waals surface area (Å²) in [5.74, 6) is -0.551. The van der Waals surface area contributed by atoms with Gasteiger partial charge in [0.15, 0.2) is 0 Å². The molecule has 6 nitrogen and oxygen atoms in total. The molecule has 1 aromatic carbocycles. The standard InChI is InChI=1S/C20H21N3O3/c1-4-26-20(25)17-9-13(2)23(14(17)3)12-19(24)22-16-10-15-7-5-6-8-18(15)21-11-16/h5-11H,4,12H2,1-3H3,(H,22,24). The summed E-state index contributed by atoms with van der Waals surface area (Å²) in [7, 11) is 0. The Labute approximate surface area is 151 Å². The normalized spacial score (nSPS) is 10.7. The van der Waals surface area contributed by atoms with Crippen molar-refractivity contribution in [3.63, 3.8) is 0 Å². The lowest BCUT2D eigenvalue weighted by molar-refractivity contribution is -0.116. The van der Waals surface area contributed by atoms with Gasteiger partial charge in [-0.3, -0.25) is 9.78 Å². The van der Waals surface area contributed by atoms with Crippen LogP contribution in [0.2, 0.25) is 0 Å². The maximum absolute atomic E-state index is 12.5. The van der Waals surface area contributed by atoms with E-state index in [9.17, 15) is 9.59 Å². The Morgan fingerprint density at radius 3 is 2.73 bits per heavy atom. The number of anilines is 1. The number of pyridine rings is 1. The molecule has 1 amide bonds. The highest BCUT2D eigenvalue weighted by Gasteiger charge is 2.18. The topological polar surface area (TPSA) is 73.2 Å². The van der Waals surface area contributed by atoms with Crippen LogP contribution < -0.4 is 5.32 Å². The van der Waals surface area contributed by atoms with Gasteiger partial charge in [-0.2, -0.15) is 0 Å². The van der Waals surface area contributed by atoms with Crippen molar-refractivity contribution in [3.8, 4) is 0 Å². The summed E-state index contributed by atoms with van der Waals surface area (Å²) in [5.41, 5.74) is 3.55. The zero-order valence-corrected chi connectivity index (χ0v) is 15.1. The number of carbonyl (C=O) groups excluding carboxylic acids is 2. The van der Waals surface area contributed by atoms with Crippen LogP contribution >= 0.6 is 0 Å². The molecule has 0 saturated carbocycles. The molecule has 134 valence electrons. The Morgan fingerprint density at radius 2 is 1.96 bits per heavy atom. The number of hydrogen-bond acceptors (Lipinski definition) is 4. The van der Waals surface area contributed by atoms with Crippen LogP contribution in [-0.2, 0) is 16.1 Å². The van der Waals surface area contributed by atoms with E-state index in [4.69, 9.17) is 4.74 Å². The van der Waals surface area contributed by atoms with Crippen molar-refractivity contribution in [2.75, 3.05) is 11.9 Å². The van der Waals surface area contributed by atoms with E-state index in [-0.39, 0.29) is 18.4 Å². The molecular weight excluding hydrogens is 330 g/mol. The monoisotopic (exact) mass is 351 g/mol. The number of nitrogens with one attached hydrogen (secondary N) is 1. The number of aromatic nitrogens is 2. The summed E-state index contributed by atoms with van der Waals surface area (Å²) >= 11 is 0. The van der Waals surface area contributed by atoms with Crippen LogP contribution in [0.1, 0.15) is 28.7 Å². The van der Waals surface area contributed by atoms with Gasteiger partial charge in [0, 0.05) is 16.8 Å². The second-order valence-electron chi connectivity index (χ2n) is 6.06. The third-order valence-electron chi connectivity index (χ3n) is 4.24. The number of amides is 1. The molecule has 0 fully saturated rings. The molecule has 6 heteroatoms. The van der Waals surface area contributed by atoms with Crippen molar-refractivity contribution in [2.45, 2.75) is 27.3 Å². The number of rotatable bonds is 5. The first-order chi connectivity index (χ1) is 12.5. The molecule has 3 aromatic rings. The summed E-state index contributed by atoms with van der Waals surface area (Å²) in [6.45, 7) is 5.87. The number of para-hydroxylation sites is 1. The molecule has 1 N–H and O–H groups in total. The summed E-state index contributed by atoms with van der Waals surface area (Å²) in [4.78, 5) is 28.8. The first-order valence-electron chi connectivity index (χ1n) is 8.48. The Morgan fingerprint density at radius 1 is 1.19 bits per heavy atom. The average molecular weight is 351 g/mol. The number of ether oxygens (including phenoxy) is 1. The molecule has 0 atom stereocenters. The predicted octanol–water partition coefficient (Wildman–Crippen LogP) is 3.47. The molecule has 0 radical (unpaired) electrons. The summed E-state index contributed by atoms with van der Waals surface area (Å²) in [6, 6.07) is 11.4. The molecule has 2 aromatic heterocycles. The smallest absolute Gasteiger partial charge is 0.339 e. The largest absolute Gasteiger partial charge is 0.462 e. The lowest BCUT2D eigenvalue weighted by Gasteiger charge is -2.11. The van der Waals surface area contributed by atoms with Crippen molar-refractivity contribution in [2.24, 2.45) is 0 Å². The summed E-state index contributed by atoms with van der Waals surface area (Å²) < 4.78 is 6.86. The predicted molar refractivity (Wildman–Crippen MR) is 100 cm³/mol. The molecule has 3 rings (SSSR count).